The number of aliphatic hydroxyl groups excluding tert-OH is 4. The van der Waals surface area contributed by atoms with Crippen LogP contribution in [0, 0.1) is 0 Å². The normalized spacial score (nSPS) is 23.5. The number of rotatable bonds is 14. The van der Waals surface area contributed by atoms with Gasteiger partial charge in [-0.15, -0.1) is 0 Å². The van der Waals surface area contributed by atoms with Gasteiger partial charge in [-0.05, 0) is 25.7 Å². The molecular weight excluding hydrogens is 310 g/mol. The molecular formula is C18H33NO5. The van der Waals surface area contributed by atoms with E-state index in [-0.39, 0.29) is 19.0 Å². The third kappa shape index (κ3) is 7.83. The van der Waals surface area contributed by atoms with Crippen molar-refractivity contribution >= 4 is 11.5 Å². The summed E-state index contributed by atoms with van der Waals surface area (Å²) < 4.78 is 0. The molecule has 0 radical (unpaired) electrons. The number of carbonyl (C=O) groups is 1. The zero-order valence-electron chi connectivity index (χ0n) is 14.6. The predicted molar refractivity (Wildman–Crippen MR) is 93.2 cm³/mol. The Bertz CT molecular complexity index is 386. The molecule has 0 saturated carbocycles. The average Bonchev–Trinajstić information content (AvgIpc) is 2.86. The van der Waals surface area contributed by atoms with Crippen LogP contribution in [0.1, 0.15) is 70.6 Å². The van der Waals surface area contributed by atoms with Crippen molar-refractivity contribution in [3.63, 3.8) is 0 Å². The molecule has 6 heteroatoms. The van der Waals surface area contributed by atoms with E-state index in [9.17, 15) is 15.0 Å². The summed E-state index contributed by atoms with van der Waals surface area (Å²) in [5.74, 6) is 0.253. The maximum absolute atomic E-state index is 11.4. The van der Waals surface area contributed by atoms with Crippen LogP contribution in [0.3, 0.4) is 0 Å². The summed E-state index contributed by atoms with van der Waals surface area (Å²) in [6.07, 6.45) is 7.87. The number of unbranched alkanes of at least 4 members (excludes halogenated alkanes) is 6. The van der Waals surface area contributed by atoms with Crippen LogP contribution in [0.4, 0.5) is 0 Å². The second kappa shape index (κ2) is 12.5. The van der Waals surface area contributed by atoms with Gasteiger partial charge < -0.3 is 20.4 Å². The highest BCUT2D eigenvalue weighted by molar-refractivity contribution is 5.91. The monoisotopic (exact) mass is 343 g/mol. The molecule has 0 spiro atoms. The Balaban J connectivity index is 1.95. The van der Waals surface area contributed by atoms with Gasteiger partial charge in [0.15, 0.2) is 0 Å². The molecule has 24 heavy (non-hydrogen) atoms. The molecule has 0 amide bonds. The van der Waals surface area contributed by atoms with Crippen LogP contribution in [0.25, 0.3) is 0 Å². The Labute approximate surface area is 144 Å². The molecule has 1 aliphatic heterocycles. The van der Waals surface area contributed by atoms with Crippen molar-refractivity contribution in [1.29, 1.82) is 0 Å². The molecule has 0 aromatic rings. The number of aliphatic hydroxyl groups is 4. The van der Waals surface area contributed by atoms with E-state index in [4.69, 9.17) is 10.2 Å². The highest BCUT2D eigenvalue weighted by Crippen LogP contribution is 2.19. The lowest BCUT2D eigenvalue weighted by Crippen LogP contribution is -2.35. The Morgan fingerprint density at radius 1 is 0.875 bits per heavy atom. The molecule has 1 aliphatic rings. The van der Waals surface area contributed by atoms with Gasteiger partial charge in [0.05, 0.1) is 6.61 Å². The summed E-state index contributed by atoms with van der Waals surface area (Å²) >= 11 is 0. The number of ketones is 1. The van der Waals surface area contributed by atoms with Crippen molar-refractivity contribution in [2.75, 3.05) is 13.2 Å². The molecule has 3 atom stereocenters. The van der Waals surface area contributed by atoms with E-state index in [1.807, 2.05) is 0 Å². The molecule has 0 aliphatic carbocycles. The molecule has 0 fully saturated rings. The second-order valence-electron chi connectivity index (χ2n) is 6.65. The Morgan fingerprint density at radius 2 is 1.46 bits per heavy atom. The molecule has 4 N–H and O–H groups in total. The molecule has 0 bridgehead atoms. The van der Waals surface area contributed by atoms with Gasteiger partial charge in [0.1, 0.15) is 24.0 Å². The number of hydrogen-bond acceptors (Lipinski definition) is 6. The Morgan fingerprint density at radius 3 is 2.04 bits per heavy atom. The van der Waals surface area contributed by atoms with E-state index < -0.39 is 18.2 Å². The number of hydrogen-bond donors (Lipinski definition) is 4. The van der Waals surface area contributed by atoms with Gasteiger partial charge in [-0.2, -0.15) is 0 Å². The second-order valence-corrected chi connectivity index (χ2v) is 6.65. The quantitative estimate of drug-likeness (QED) is 0.356. The van der Waals surface area contributed by atoms with Crippen LogP contribution in [-0.4, -0.2) is 63.4 Å². The van der Waals surface area contributed by atoms with Gasteiger partial charge in [0, 0.05) is 25.2 Å². The molecule has 0 aromatic carbocycles. The summed E-state index contributed by atoms with van der Waals surface area (Å²) in [4.78, 5) is 15.6. The van der Waals surface area contributed by atoms with Crippen molar-refractivity contribution in [1.82, 2.24) is 0 Å². The van der Waals surface area contributed by atoms with E-state index in [1.54, 1.807) is 0 Å². The topological polar surface area (TPSA) is 110 Å². The molecule has 6 nitrogen and oxygen atoms in total. The number of nitrogens with zero attached hydrogens (tertiary/aromatic N) is 1. The van der Waals surface area contributed by atoms with Crippen LogP contribution in [0.2, 0.25) is 0 Å². The van der Waals surface area contributed by atoms with Gasteiger partial charge in [-0.3, -0.25) is 9.79 Å². The van der Waals surface area contributed by atoms with Gasteiger partial charge in [0.2, 0.25) is 0 Å². The largest absolute Gasteiger partial charge is 0.396 e. The van der Waals surface area contributed by atoms with Crippen LogP contribution in [-0.2, 0) is 4.79 Å². The fourth-order valence-electron chi connectivity index (χ4n) is 3.05. The lowest BCUT2D eigenvalue weighted by molar-refractivity contribution is -0.119. The maximum atomic E-state index is 11.4. The first-order valence-corrected chi connectivity index (χ1v) is 9.26. The Hall–Kier alpha value is -0.820. The average molecular weight is 343 g/mol. The Kier molecular flexibility index (Phi) is 11.1. The highest BCUT2D eigenvalue weighted by atomic mass is 16.3. The molecule has 0 saturated heterocycles. The SMILES string of the molecule is O=C(CCCO)CCCCCCCCCC1=N[C@H](CO)[C@@H](O)[C@@H]1O. The van der Waals surface area contributed by atoms with Crippen molar-refractivity contribution in [2.45, 2.75) is 88.9 Å². The first-order chi connectivity index (χ1) is 11.6. The van der Waals surface area contributed by atoms with Crippen LogP contribution in [0.5, 0.6) is 0 Å². The molecule has 1 rings (SSSR count). The number of aliphatic imine (C=N–C) groups is 1. The number of Topliss-reactive ketones (excluding diaryl/α,β-unsaturated/α-hetero) is 1. The fraction of sp³-hybridized carbons (Fsp3) is 0.889. The van der Waals surface area contributed by atoms with E-state index in [0.717, 1.165) is 44.9 Å². The van der Waals surface area contributed by atoms with Gasteiger partial charge in [-0.25, -0.2) is 0 Å². The summed E-state index contributed by atoms with van der Waals surface area (Å²) in [5.41, 5.74) is 0.614. The highest BCUT2D eigenvalue weighted by Gasteiger charge is 2.35. The molecule has 1 heterocycles. The van der Waals surface area contributed by atoms with Crippen LogP contribution in [0.15, 0.2) is 4.99 Å². The molecule has 140 valence electrons. The van der Waals surface area contributed by atoms with Gasteiger partial charge >= 0.3 is 0 Å². The number of carbonyl (C=O) groups excluding carboxylic acids is 1. The van der Waals surface area contributed by atoms with Crippen LogP contribution < -0.4 is 0 Å². The maximum Gasteiger partial charge on any atom is 0.132 e. The lowest BCUT2D eigenvalue weighted by Gasteiger charge is -2.13. The van der Waals surface area contributed by atoms with E-state index in [2.05, 4.69) is 4.99 Å². The van der Waals surface area contributed by atoms with E-state index in [0.29, 0.717) is 31.4 Å². The first kappa shape index (κ1) is 21.2. The fourth-order valence-corrected chi connectivity index (χ4v) is 3.05. The summed E-state index contributed by atoms with van der Waals surface area (Å²) in [6.45, 7) is -0.140. The van der Waals surface area contributed by atoms with Crippen molar-refractivity contribution in [3.8, 4) is 0 Å². The predicted octanol–water partition coefficient (Wildman–Crippen LogP) is 1.38. The first-order valence-electron chi connectivity index (χ1n) is 9.26. The van der Waals surface area contributed by atoms with Crippen molar-refractivity contribution in [2.24, 2.45) is 4.99 Å². The smallest absolute Gasteiger partial charge is 0.132 e. The third-order valence-corrected chi connectivity index (χ3v) is 4.58. The minimum absolute atomic E-state index is 0.0921. The van der Waals surface area contributed by atoms with E-state index >= 15 is 0 Å². The minimum Gasteiger partial charge on any atom is -0.396 e. The standard InChI is InChI=1S/C18H33NO5/c20-12-8-10-14(22)9-6-4-2-1-3-5-7-11-15-17(23)18(24)16(13-21)19-15/h16-18,20-21,23-24H,1-13H2/t16-,17-,18-/m1/s1. The van der Waals surface area contributed by atoms with Crippen LogP contribution >= 0.6 is 0 Å². The molecule has 0 unspecified atom stereocenters. The lowest BCUT2D eigenvalue weighted by atomic mass is 10.0. The summed E-state index contributed by atoms with van der Waals surface area (Å²) in [6, 6.07) is -0.574. The van der Waals surface area contributed by atoms with Crippen molar-refractivity contribution in [3.05, 3.63) is 0 Å². The third-order valence-electron chi connectivity index (χ3n) is 4.58. The molecule has 0 aromatic heterocycles. The van der Waals surface area contributed by atoms with Gasteiger partial charge in [-0.1, -0.05) is 32.1 Å². The zero-order chi connectivity index (χ0) is 17.8. The van der Waals surface area contributed by atoms with E-state index in [1.165, 1.54) is 0 Å². The zero-order valence-corrected chi connectivity index (χ0v) is 14.6. The minimum atomic E-state index is -0.968. The van der Waals surface area contributed by atoms with Crippen molar-refractivity contribution < 1.29 is 25.2 Å². The summed E-state index contributed by atoms with van der Waals surface area (Å²) in [5, 5.41) is 37.2. The van der Waals surface area contributed by atoms with Gasteiger partial charge in [0.25, 0.3) is 0 Å². The summed E-state index contributed by atoms with van der Waals surface area (Å²) in [7, 11) is 0.